The van der Waals surface area contributed by atoms with Crippen molar-refractivity contribution >= 4 is 17.5 Å². The van der Waals surface area contributed by atoms with E-state index < -0.39 is 0 Å². The second-order valence-corrected chi connectivity index (χ2v) is 7.76. The van der Waals surface area contributed by atoms with Crippen molar-refractivity contribution in [3.8, 4) is 17.1 Å². The average Bonchev–Trinajstić information content (AvgIpc) is 3.15. The normalized spacial score (nSPS) is 12.0. The number of nitrogens with zero attached hydrogens (tertiary/aromatic N) is 3. The molecule has 5 nitrogen and oxygen atoms in total. The standard InChI is InChI=1S/C22H25N3O2S/c1-5-16-7-9-17(10-8-16)20(26)15(3)28-22-24-23-21(25(22)6-2)18-11-13-19(27-4)14-12-18/h7-15H,5-6H2,1-4H3/t15-/m0/s1. The van der Waals surface area contributed by atoms with Gasteiger partial charge in [-0.1, -0.05) is 43.0 Å². The van der Waals surface area contributed by atoms with Crippen molar-refractivity contribution < 1.29 is 9.53 Å². The summed E-state index contributed by atoms with van der Waals surface area (Å²) in [5.74, 6) is 1.69. The van der Waals surface area contributed by atoms with Gasteiger partial charge in [0.25, 0.3) is 0 Å². The first-order chi connectivity index (χ1) is 13.6. The molecule has 0 saturated heterocycles. The number of Topliss-reactive ketones (excluding diaryl/α,β-unsaturated/α-hetero) is 1. The number of hydrogen-bond donors (Lipinski definition) is 0. The Balaban J connectivity index is 1.79. The molecule has 0 saturated carbocycles. The van der Waals surface area contributed by atoms with Gasteiger partial charge in [0.05, 0.1) is 12.4 Å². The summed E-state index contributed by atoms with van der Waals surface area (Å²) in [7, 11) is 1.65. The second-order valence-electron chi connectivity index (χ2n) is 6.45. The van der Waals surface area contributed by atoms with E-state index in [4.69, 9.17) is 4.74 Å². The molecular weight excluding hydrogens is 370 g/mol. The Morgan fingerprint density at radius 3 is 2.32 bits per heavy atom. The summed E-state index contributed by atoms with van der Waals surface area (Å²) in [4.78, 5) is 12.8. The molecule has 3 rings (SSSR count). The lowest BCUT2D eigenvalue weighted by Crippen LogP contribution is -2.14. The number of methoxy groups -OCH3 is 1. The van der Waals surface area contributed by atoms with Crippen LogP contribution in [0.4, 0.5) is 0 Å². The minimum Gasteiger partial charge on any atom is -0.497 e. The van der Waals surface area contributed by atoms with Crippen LogP contribution in [0.5, 0.6) is 5.75 Å². The van der Waals surface area contributed by atoms with E-state index in [1.165, 1.54) is 17.3 Å². The minimum absolute atomic E-state index is 0.101. The van der Waals surface area contributed by atoms with Gasteiger partial charge in [-0.05, 0) is 50.1 Å². The van der Waals surface area contributed by atoms with Crippen molar-refractivity contribution in [1.82, 2.24) is 14.8 Å². The van der Waals surface area contributed by atoms with Gasteiger partial charge >= 0.3 is 0 Å². The largest absolute Gasteiger partial charge is 0.497 e. The Labute approximate surface area is 170 Å². The molecule has 0 unspecified atom stereocenters. The first-order valence-corrected chi connectivity index (χ1v) is 10.3. The van der Waals surface area contributed by atoms with E-state index in [-0.39, 0.29) is 11.0 Å². The lowest BCUT2D eigenvalue weighted by atomic mass is 10.1. The van der Waals surface area contributed by atoms with Crippen molar-refractivity contribution in [2.45, 2.75) is 44.1 Å². The highest BCUT2D eigenvalue weighted by molar-refractivity contribution is 8.00. The summed E-state index contributed by atoms with van der Waals surface area (Å²) < 4.78 is 7.26. The lowest BCUT2D eigenvalue weighted by molar-refractivity contribution is 0.0994. The van der Waals surface area contributed by atoms with Crippen LogP contribution in [0.2, 0.25) is 0 Å². The summed E-state index contributed by atoms with van der Waals surface area (Å²) in [5, 5.41) is 9.21. The highest BCUT2D eigenvalue weighted by Gasteiger charge is 2.21. The molecule has 0 aliphatic rings. The van der Waals surface area contributed by atoms with Gasteiger partial charge in [-0.15, -0.1) is 10.2 Å². The first-order valence-electron chi connectivity index (χ1n) is 9.44. The van der Waals surface area contributed by atoms with Crippen LogP contribution in [0.25, 0.3) is 11.4 Å². The van der Waals surface area contributed by atoms with E-state index in [1.807, 2.05) is 60.0 Å². The maximum atomic E-state index is 12.8. The van der Waals surface area contributed by atoms with Crippen molar-refractivity contribution in [2.75, 3.05) is 7.11 Å². The quantitative estimate of drug-likeness (QED) is 0.401. The summed E-state index contributed by atoms with van der Waals surface area (Å²) >= 11 is 1.45. The zero-order chi connectivity index (χ0) is 20.1. The van der Waals surface area contributed by atoms with Crippen molar-refractivity contribution in [2.24, 2.45) is 0 Å². The number of carbonyl (C=O) groups is 1. The Hall–Kier alpha value is -2.60. The summed E-state index contributed by atoms with van der Waals surface area (Å²) in [6, 6.07) is 15.6. The maximum absolute atomic E-state index is 12.8. The Morgan fingerprint density at radius 2 is 1.75 bits per heavy atom. The predicted octanol–water partition coefficient (Wildman–Crippen LogP) is 4.90. The fraction of sp³-hybridized carbons (Fsp3) is 0.318. The molecule has 0 amide bonds. The Kier molecular flexibility index (Phi) is 6.52. The summed E-state index contributed by atoms with van der Waals surface area (Å²) in [5.41, 5.74) is 2.93. The fourth-order valence-corrected chi connectivity index (χ4v) is 3.96. The van der Waals surface area contributed by atoms with Gasteiger partial charge < -0.3 is 9.30 Å². The van der Waals surface area contributed by atoms with Gasteiger partial charge in [-0.25, -0.2) is 0 Å². The molecule has 0 fully saturated rings. The number of aromatic nitrogens is 3. The molecule has 146 valence electrons. The zero-order valence-electron chi connectivity index (χ0n) is 16.7. The molecule has 28 heavy (non-hydrogen) atoms. The third-order valence-electron chi connectivity index (χ3n) is 4.68. The molecule has 0 bridgehead atoms. The van der Waals surface area contributed by atoms with Gasteiger partial charge in [0.1, 0.15) is 5.75 Å². The number of hydrogen-bond acceptors (Lipinski definition) is 5. The van der Waals surface area contributed by atoms with E-state index >= 15 is 0 Å². The molecule has 0 aliphatic heterocycles. The molecule has 3 aromatic rings. The van der Waals surface area contributed by atoms with E-state index in [1.54, 1.807) is 7.11 Å². The van der Waals surface area contributed by atoms with Crippen molar-refractivity contribution in [3.63, 3.8) is 0 Å². The van der Waals surface area contributed by atoms with Gasteiger partial charge in [0.15, 0.2) is 16.8 Å². The highest BCUT2D eigenvalue weighted by atomic mass is 32.2. The summed E-state index contributed by atoms with van der Waals surface area (Å²) in [6.45, 7) is 6.80. The predicted molar refractivity (Wildman–Crippen MR) is 113 cm³/mol. The summed E-state index contributed by atoms with van der Waals surface area (Å²) in [6.07, 6.45) is 0.965. The number of rotatable bonds is 8. The van der Waals surface area contributed by atoms with Gasteiger partial charge in [0.2, 0.25) is 0 Å². The number of ether oxygens (including phenoxy) is 1. The zero-order valence-corrected chi connectivity index (χ0v) is 17.5. The average molecular weight is 396 g/mol. The van der Waals surface area contributed by atoms with Crippen molar-refractivity contribution in [1.29, 1.82) is 0 Å². The van der Waals surface area contributed by atoms with Gasteiger partial charge in [-0.2, -0.15) is 0 Å². The molecular formula is C22H25N3O2S. The molecule has 1 heterocycles. The fourth-order valence-electron chi connectivity index (χ4n) is 2.97. The van der Waals surface area contributed by atoms with E-state index in [9.17, 15) is 4.79 Å². The van der Waals surface area contributed by atoms with Crippen LogP contribution in [-0.4, -0.2) is 32.9 Å². The van der Waals surface area contributed by atoms with Gasteiger partial charge in [-0.3, -0.25) is 4.79 Å². The molecule has 1 atom stereocenters. The van der Waals surface area contributed by atoms with Crippen LogP contribution in [0.1, 0.15) is 36.7 Å². The molecule has 0 N–H and O–H groups in total. The van der Waals surface area contributed by atoms with Crippen LogP contribution >= 0.6 is 11.8 Å². The number of benzene rings is 2. The third-order valence-corrected chi connectivity index (χ3v) is 5.76. The SMILES string of the molecule is CCc1ccc(C(=O)[C@H](C)Sc2nnc(-c3ccc(OC)cc3)n2CC)cc1. The van der Waals surface area contributed by atoms with Crippen LogP contribution in [-0.2, 0) is 13.0 Å². The monoisotopic (exact) mass is 395 g/mol. The van der Waals surface area contributed by atoms with Gasteiger partial charge in [0, 0.05) is 17.7 Å². The smallest absolute Gasteiger partial charge is 0.192 e. The molecule has 1 aromatic heterocycles. The molecule has 0 aliphatic carbocycles. The number of aryl methyl sites for hydroxylation is 1. The topological polar surface area (TPSA) is 57.0 Å². The Bertz CT molecular complexity index is 933. The van der Waals surface area contributed by atoms with E-state index in [2.05, 4.69) is 24.0 Å². The number of carbonyl (C=O) groups excluding carboxylic acids is 1. The van der Waals surface area contributed by atoms with Crippen molar-refractivity contribution in [3.05, 3.63) is 59.7 Å². The second kappa shape index (κ2) is 9.06. The number of ketones is 1. The van der Waals surface area contributed by atoms with E-state index in [0.29, 0.717) is 0 Å². The molecule has 0 spiro atoms. The van der Waals surface area contributed by atoms with E-state index in [0.717, 1.165) is 40.8 Å². The molecule has 0 radical (unpaired) electrons. The highest BCUT2D eigenvalue weighted by Crippen LogP contribution is 2.29. The molecule has 2 aromatic carbocycles. The lowest BCUT2D eigenvalue weighted by Gasteiger charge is -2.12. The molecule has 6 heteroatoms. The maximum Gasteiger partial charge on any atom is 0.192 e. The van der Waals surface area contributed by atoms with Crippen LogP contribution in [0.3, 0.4) is 0 Å². The van der Waals surface area contributed by atoms with Crippen LogP contribution < -0.4 is 4.74 Å². The third kappa shape index (κ3) is 4.28. The van der Waals surface area contributed by atoms with Crippen LogP contribution in [0.15, 0.2) is 53.7 Å². The number of thioether (sulfide) groups is 1. The van der Waals surface area contributed by atoms with Crippen LogP contribution in [0, 0.1) is 0 Å². The Morgan fingerprint density at radius 1 is 1.07 bits per heavy atom. The minimum atomic E-state index is -0.245. The first kappa shape index (κ1) is 20.1.